The maximum Gasteiger partial charge on any atom is 0.269 e. The van der Waals surface area contributed by atoms with Crippen LogP contribution in [0.5, 0.6) is 0 Å². The summed E-state index contributed by atoms with van der Waals surface area (Å²) in [5, 5.41) is 11.2. The van der Waals surface area contributed by atoms with E-state index in [1.165, 1.54) is 30.3 Å². The molecule has 0 radical (unpaired) electrons. The predicted molar refractivity (Wildman–Crippen MR) is 135 cm³/mol. The average molecular weight is 511 g/mol. The van der Waals surface area contributed by atoms with Gasteiger partial charge in [0.15, 0.2) is 0 Å². The number of non-ortho nitro benzene ring substituents is 1. The highest BCUT2D eigenvalue weighted by Crippen LogP contribution is 2.58. The second-order valence-corrected chi connectivity index (χ2v) is 9.82. The summed E-state index contributed by atoms with van der Waals surface area (Å²) >= 11 is 0. The van der Waals surface area contributed by atoms with Crippen molar-refractivity contribution in [2.75, 3.05) is 4.90 Å². The molecule has 1 spiro atoms. The molecular weight excluding hydrogens is 488 g/mol. The van der Waals surface area contributed by atoms with Gasteiger partial charge < -0.3 is 4.74 Å². The summed E-state index contributed by atoms with van der Waals surface area (Å²) in [7, 11) is 0. The van der Waals surface area contributed by atoms with Crippen LogP contribution in [0.4, 0.5) is 11.4 Å². The lowest BCUT2D eigenvalue weighted by Crippen LogP contribution is -2.51. The Morgan fingerprint density at radius 3 is 2.11 bits per heavy atom. The van der Waals surface area contributed by atoms with Crippen LogP contribution < -0.4 is 4.90 Å². The fourth-order valence-corrected chi connectivity index (χ4v) is 6.00. The molecule has 3 aromatic rings. The number of ketones is 2. The fourth-order valence-electron chi connectivity index (χ4n) is 6.00. The van der Waals surface area contributed by atoms with Crippen LogP contribution in [0.15, 0.2) is 66.7 Å². The van der Waals surface area contributed by atoms with Crippen molar-refractivity contribution < 1.29 is 28.8 Å². The Hall–Kier alpha value is -4.50. The van der Waals surface area contributed by atoms with E-state index in [0.717, 1.165) is 16.9 Å². The number of anilines is 1. The maximum absolute atomic E-state index is 14.0. The van der Waals surface area contributed by atoms with E-state index >= 15 is 0 Å². The molecule has 0 saturated carbocycles. The number of benzene rings is 3. The molecule has 0 aromatic heterocycles. The Morgan fingerprint density at radius 1 is 0.921 bits per heavy atom. The summed E-state index contributed by atoms with van der Waals surface area (Å²) in [6.45, 7) is 3.56. The summed E-state index contributed by atoms with van der Waals surface area (Å²) in [5.41, 5.74) is 0.100. The highest BCUT2D eigenvalue weighted by Gasteiger charge is 2.74. The number of hydrogen-bond donors (Lipinski definition) is 0. The second kappa shape index (κ2) is 8.26. The van der Waals surface area contributed by atoms with Gasteiger partial charge in [0.25, 0.3) is 5.69 Å². The van der Waals surface area contributed by atoms with Crippen molar-refractivity contribution in [3.8, 4) is 0 Å². The number of ether oxygens (including phenoxy) is 1. The quantitative estimate of drug-likeness (QED) is 0.223. The molecule has 3 aliphatic rings. The number of hydrogen-bond acceptors (Lipinski definition) is 7. The van der Waals surface area contributed by atoms with Crippen LogP contribution in [0.25, 0.3) is 0 Å². The molecule has 9 nitrogen and oxygen atoms in total. The third-order valence-electron chi connectivity index (χ3n) is 7.87. The summed E-state index contributed by atoms with van der Waals surface area (Å²) < 4.78 is 6.29. The van der Waals surface area contributed by atoms with Gasteiger partial charge in [-0.3, -0.25) is 29.3 Å². The molecule has 0 N–H and O–H groups in total. The molecule has 6 rings (SSSR count). The van der Waals surface area contributed by atoms with E-state index in [2.05, 4.69) is 0 Å². The van der Waals surface area contributed by atoms with Crippen LogP contribution in [0, 0.1) is 28.9 Å². The molecule has 2 heterocycles. The fraction of sp³-hybridized carbons (Fsp3) is 0.241. The number of fused-ring (bicyclic) bond motifs is 3. The van der Waals surface area contributed by atoms with Gasteiger partial charge in [-0.15, -0.1) is 0 Å². The first kappa shape index (κ1) is 23.9. The molecule has 3 atom stereocenters. The first-order valence-electron chi connectivity index (χ1n) is 12.3. The minimum atomic E-state index is -2.17. The van der Waals surface area contributed by atoms with Gasteiger partial charge in [-0.05, 0) is 36.1 Å². The van der Waals surface area contributed by atoms with Crippen LogP contribution in [-0.2, 0) is 20.7 Å². The lowest BCUT2D eigenvalue weighted by Gasteiger charge is -2.27. The predicted octanol–water partition coefficient (Wildman–Crippen LogP) is 4.16. The molecule has 0 bridgehead atoms. The van der Waals surface area contributed by atoms with E-state index in [-0.39, 0.29) is 22.5 Å². The number of rotatable bonds is 4. The van der Waals surface area contributed by atoms with E-state index < -0.39 is 51.8 Å². The van der Waals surface area contributed by atoms with Crippen molar-refractivity contribution in [2.45, 2.75) is 32.0 Å². The van der Waals surface area contributed by atoms with Gasteiger partial charge in [0, 0.05) is 23.3 Å². The Bertz CT molecular complexity index is 1540. The minimum Gasteiger partial charge on any atom is -0.349 e. The number of carbonyl (C=O) groups excluding carboxylic acids is 4. The molecule has 2 saturated heterocycles. The first-order chi connectivity index (χ1) is 18.2. The largest absolute Gasteiger partial charge is 0.349 e. The lowest BCUT2D eigenvalue weighted by atomic mass is 9.77. The van der Waals surface area contributed by atoms with Crippen LogP contribution in [0.1, 0.15) is 50.4 Å². The smallest absolute Gasteiger partial charge is 0.269 e. The number of nitro groups is 1. The van der Waals surface area contributed by atoms with Crippen LogP contribution in [0.2, 0.25) is 0 Å². The number of nitrogens with zero attached hydrogens (tertiary/aromatic N) is 2. The molecule has 190 valence electrons. The Labute approximate surface area is 217 Å². The molecule has 2 fully saturated rings. The molecule has 2 amide bonds. The van der Waals surface area contributed by atoms with Gasteiger partial charge in [-0.2, -0.15) is 0 Å². The van der Waals surface area contributed by atoms with E-state index in [4.69, 9.17) is 4.74 Å². The number of amides is 2. The molecule has 3 aromatic carbocycles. The number of imide groups is 1. The zero-order valence-corrected chi connectivity index (χ0v) is 20.5. The number of nitro benzene ring substituents is 1. The van der Waals surface area contributed by atoms with Crippen LogP contribution >= 0.6 is 0 Å². The number of Topliss-reactive ketones (excluding diaryl/α,β-unsaturated/α-hetero) is 2. The van der Waals surface area contributed by atoms with E-state index in [1.807, 2.05) is 19.1 Å². The molecule has 38 heavy (non-hydrogen) atoms. The Morgan fingerprint density at radius 2 is 1.55 bits per heavy atom. The molecule has 9 heteroatoms. The summed E-state index contributed by atoms with van der Waals surface area (Å²) in [6, 6.07) is 17.5. The van der Waals surface area contributed by atoms with Crippen LogP contribution in [-0.4, -0.2) is 33.9 Å². The van der Waals surface area contributed by atoms with Crippen molar-refractivity contribution in [1.82, 2.24) is 0 Å². The normalized spacial score (nSPS) is 23.3. The SMILES string of the molecule is CCc1ccc([C@@H]2OC3(C(=O)c4ccccc4C3=O)[C@@H]3C(=O)N(c4ccc([N+](=O)[O-])cc4C)C(=O)[C@@H]32)cc1. The van der Waals surface area contributed by atoms with Gasteiger partial charge in [0.05, 0.1) is 28.6 Å². The van der Waals surface area contributed by atoms with E-state index in [1.54, 1.807) is 31.2 Å². The van der Waals surface area contributed by atoms with Crippen molar-refractivity contribution in [3.63, 3.8) is 0 Å². The molecule has 2 aliphatic heterocycles. The summed E-state index contributed by atoms with van der Waals surface area (Å²) in [4.78, 5) is 67.3. The third-order valence-corrected chi connectivity index (χ3v) is 7.87. The molecule has 0 unspecified atom stereocenters. The molecular formula is C29H22N2O7. The molecule has 1 aliphatic carbocycles. The third kappa shape index (κ3) is 3.02. The van der Waals surface area contributed by atoms with E-state index in [0.29, 0.717) is 11.1 Å². The number of carbonyl (C=O) groups is 4. The van der Waals surface area contributed by atoms with Gasteiger partial charge >= 0.3 is 0 Å². The van der Waals surface area contributed by atoms with Gasteiger partial charge in [-0.25, -0.2) is 4.90 Å². The maximum atomic E-state index is 14.0. The van der Waals surface area contributed by atoms with Gasteiger partial charge in [-0.1, -0.05) is 55.5 Å². The summed E-state index contributed by atoms with van der Waals surface area (Å²) in [6.07, 6.45) is -0.230. The van der Waals surface area contributed by atoms with Crippen molar-refractivity contribution in [3.05, 3.63) is 105 Å². The Balaban J connectivity index is 1.52. The van der Waals surface area contributed by atoms with Gasteiger partial charge in [0.1, 0.15) is 0 Å². The van der Waals surface area contributed by atoms with Crippen molar-refractivity contribution in [1.29, 1.82) is 0 Å². The highest BCUT2D eigenvalue weighted by molar-refractivity contribution is 6.37. The zero-order valence-electron chi connectivity index (χ0n) is 20.5. The second-order valence-electron chi connectivity index (χ2n) is 9.82. The average Bonchev–Trinajstić information content (AvgIpc) is 3.49. The zero-order chi connectivity index (χ0) is 26.9. The van der Waals surface area contributed by atoms with Crippen molar-refractivity contribution in [2.24, 2.45) is 11.8 Å². The topological polar surface area (TPSA) is 124 Å². The summed E-state index contributed by atoms with van der Waals surface area (Å²) in [5.74, 6) is -5.14. The minimum absolute atomic E-state index is 0.156. The van der Waals surface area contributed by atoms with E-state index in [9.17, 15) is 29.3 Å². The van der Waals surface area contributed by atoms with Gasteiger partial charge in [0.2, 0.25) is 29.0 Å². The first-order valence-corrected chi connectivity index (χ1v) is 12.3. The monoisotopic (exact) mass is 510 g/mol. The number of aryl methyl sites for hydroxylation is 2. The standard InChI is InChI=1S/C29H22N2O7/c1-3-16-8-10-17(11-9-16)24-22-23(29(38-24)25(32)19-6-4-5-7-20(19)26(29)33)28(35)30(27(22)34)21-13-12-18(31(36)37)14-15(21)2/h4-14,22-24H,3H2,1-2H3/t22-,23-,24-/m0/s1. The Kier molecular flexibility index (Phi) is 5.19. The van der Waals surface area contributed by atoms with Crippen LogP contribution in [0.3, 0.4) is 0 Å². The lowest BCUT2D eigenvalue weighted by molar-refractivity contribution is -0.384. The highest BCUT2D eigenvalue weighted by atomic mass is 16.6. The van der Waals surface area contributed by atoms with Crippen molar-refractivity contribution >= 4 is 34.8 Å².